The summed E-state index contributed by atoms with van der Waals surface area (Å²) in [6.45, 7) is 2.09. The average Bonchev–Trinajstić information content (AvgIpc) is 2.90. The summed E-state index contributed by atoms with van der Waals surface area (Å²) in [5, 5.41) is 3.15. The lowest BCUT2D eigenvalue weighted by atomic mass is 10.1. The van der Waals surface area contributed by atoms with Gasteiger partial charge >= 0.3 is 0 Å². The van der Waals surface area contributed by atoms with E-state index >= 15 is 0 Å². The number of halogens is 1. The summed E-state index contributed by atoms with van der Waals surface area (Å²) in [4.78, 5) is 4.53. The molecule has 6 heteroatoms. The van der Waals surface area contributed by atoms with E-state index in [4.69, 9.17) is 15.2 Å². The summed E-state index contributed by atoms with van der Waals surface area (Å²) in [6, 6.07) is 14.4. The Morgan fingerprint density at radius 1 is 1.04 bits per heavy atom. The SMILES string of the molecule is I.NC(=NCC1Cc2ccccc2C1)Nc1ccc2c(c1)OCCCO2. The van der Waals surface area contributed by atoms with Crippen LogP contribution in [0.4, 0.5) is 5.69 Å². The Balaban J connectivity index is 0.00000196. The number of fused-ring (bicyclic) bond motifs is 2. The van der Waals surface area contributed by atoms with Gasteiger partial charge in [-0.15, -0.1) is 24.0 Å². The van der Waals surface area contributed by atoms with Crippen molar-refractivity contribution in [2.75, 3.05) is 25.1 Å². The topological polar surface area (TPSA) is 68.9 Å². The number of guanidine groups is 1. The first-order valence-corrected chi connectivity index (χ1v) is 8.81. The molecular formula is C20H24IN3O2. The van der Waals surface area contributed by atoms with Crippen molar-refractivity contribution in [1.82, 2.24) is 0 Å². The molecule has 1 aliphatic heterocycles. The van der Waals surface area contributed by atoms with Crippen molar-refractivity contribution in [2.45, 2.75) is 19.3 Å². The van der Waals surface area contributed by atoms with Crippen LogP contribution in [-0.2, 0) is 12.8 Å². The van der Waals surface area contributed by atoms with E-state index in [1.54, 1.807) is 0 Å². The number of hydrogen-bond donors (Lipinski definition) is 2. The molecule has 26 heavy (non-hydrogen) atoms. The molecule has 2 aromatic rings. The second-order valence-electron chi connectivity index (χ2n) is 6.61. The highest BCUT2D eigenvalue weighted by molar-refractivity contribution is 14.0. The summed E-state index contributed by atoms with van der Waals surface area (Å²) >= 11 is 0. The Morgan fingerprint density at radius 2 is 1.73 bits per heavy atom. The van der Waals surface area contributed by atoms with E-state index in [2.05, 4.69) is 34.6 Å². The molecule has 0 bridgehead atoms. The molecule has 0 atom stereocenters. The van der Waals surface area contributed by atoms with Crippen molar-refractivity contribution in [3.8, 4) is 11.5 Å². The molecule has 0 saturated carbocycles. The molecule has 0 fully saturated rings. The molecule has 1 heterocycles. The van der Waals surface area contributed by atoms with Gasteiger partial charge in [-0.25, -0.2) is 0 Å². The van der Waals surface area contributed by atoms with Crippen LogP contribution in [-0.4, -0.2) is 25.7 Å². The first-order chi connectivity index (χ1) is 12.3. The van der Waals surface area contributed by atoms with Crippen LogP contribution in [0, 0.1) is 5.92 Å². The van der Waals surface area contributed by atoms with Gasteiger partial charge in [0.2, 0.25) is 0 Å². The van der Waals surface area contributed by atoms with Gasteiger partial charge in [-0.2, -0.15) is 0 Å². The van der Waals surface area contributed by atoms with Crippen LogP contribution in [0.15, 0.2) is 47.5 Å². The number of rotatable bonds is 3. The predicted octanol–water partition coefficient (Wildman–Crippen LogP) is 3.61. The fraction of sp³-hybridized carbons (Fsp3) is 0.350. The van der Waals surface area contributed by atoms with Gasteiger partial charge in [-0.3, -0.25) is 4.99 Å². The van der Waals surface area contributed by atoms with E-state index < -0.39 is 0 Å². The summed E-state index contributed by atoms with van der Waals surface area (Å²) in [5.41, 5.74) is 9.81. The minimum absolute atomic E-state index is 0. The van der Waals surface area contributed by atoms with Gasteiger partial charge in [-0.1, -0.05) is 24.3 Å². The number of anilines is 1. The minimum atomic E-state index is 0. The van der Waals surface area contributed by atoms with Gasteiger partial charge in [-0.05, 0) is 42.0 Å². The van der Waals surface area contributed by atoms with Crippen LogP contribution in [0.5, 0.6) is 11.5 Å². The molecule has 5 nitrogen and oxygen atoms in total. The molecule has 2 aromatic carbocycles. The third-order valence-electron chi connectivity index (χ3n) is 4.68. The molecule has 4 rings (SSSR count). The van der Waals surface area contributed by atoms with Crippen molar-refractivity contribution in [1.29, 1.82) is 0 Å². The van der Waals surface area contributed by atoms with E-state index in [1.165, 1.54) is 11.1 Å². The average molecular weight is 465 g/mol. The molecule has 0 aromatic heterocycles. The van der Waals surface area contributed by atoms with Gasteiger partial charge in [0, 0.05) is 24.7 Å². The molecular weight excluding hydrogens is 441 g/mol. The molecule has 0 amide bonds. The van der Waals surface area contributed by atoms with Crippen molar-refractivity contribution >= 4 is 35.6 Å². The summed E-state index contributed by atoms with van der Waals surface area (Å²) in [5.74, 6) is 2.50. The molecule has 0 saturated heterocycles. The first kappa shape index (κ1) is 18.8. The quantitative estimate of drug-likeness (QED) is 0.413. The highest BCUT2D eigenvalue weighted by Gasteiger charge is 2.20. The van der Waals surface area contributed by atoms with E-state index in [0.717, 1.165) is 43.0 Å². The molecule has 1 aliphatic carbocycles. The number of ether oxygens (including phenoxy) is 2. The van der Waals surface area contributed by atoms with Gasteiger partial charge in [0.25, 0.3) is 0 Å². The van der Waals surface area contributed by atoms with Crippen LogP contribution in [0.2, 0.25) is 0 Å². The number of benzene rings is 2. The fourth-order valence-corrected chi connectivity index (χ4v) is 3.43. The van der Waals surface area contributed by atoms with Gasteiger partial charge < -0.3 is 20.5 Å². The maximum atomic E-state index is 6.06. The predicted molar refractivity (Wildman–Crippen MR) is 115 cm³/mol. The lowest BCUT2D eigenvalue weighted by Gasteiger charge is -2.11. The number of hydrogen-bond acceptors (Lipinski definition) is 3. The maximum absolute atomic E-state index is 6.06. The molecule has 138 valence electrons. The van der Waals surface area contributed by atoms with Gasteiger partial charge in [0.05, 0.1) is 13.2 Å². The zero-order chi connectivity index (χ0) is 17.1. The maximum Gasteiger partial charge on any atom is 0.193 e. The lowest BCUT2D eigenvalue weighted by Crippen LogP contribution is -2.24. The Morgan fingerprint density at radius 3 is 2.46 bits per heavy atom. The molecule has 0 unspecified atom stereocenters. The van der Waals surface area contributed by atoms with Crippen LogP contribution in [0.3, 0.4) is 0 Å². The van der Waals surface area contributed by atoms with E-state index in [1.807, 2.05) is 18.2 Å². The standard InChI is InChI=1S/C20H23N3O2.HI/c21-20(22-13-14-10-15-4-1-2-5-16(15)11-14)23-17-6-7-18-19(12-17)25-9-3-8-24-18;/h1-2,4-7,12,14H,3,8-11,13H2,(H3,21,22,23);1H. The third kappa shape index (κ3) is 4.41. The molecule has 0 spiro atoms. The third-order valence-corrected chi connectivity index (χ3v) is 4.68. The number of nitrogens with two attached hydrogens (primary N) is 1. The number of nitrogens with zero attached hydrogens (tertiary/aromatic N) is 1. The summed E-state index contributed by atoms with van der Waals surface area (Å²) in [6.07, 6.45) is 3.05. The summed E-state index contributed by atoms with van der Waals surface area (Å²) in [7, 11) is 0. The van der Waals surface area contributed by atoms with Crippen LogP contribution >= 0.6 is 24.0 Å². The normalized spacial score (nSPS) is 16.4. The van der Waals surface area contributed by atoms with Crippen molar-refractivity contribution in [2.24, 2.45) is 16.6 Å². The Kier molecular flexibility index (Phi) is 6.24. The van der Waals surface area contributed by atoms with E-state index in [9.17, 15) is 0 Å². The van der Waals surface area contributed by atoms with Crippen LogP contribution in [0.25, 0.3) is 0 Å². The summed E-state index contributed by atoms with van der Waals surface area (Å²) < 4.78 is 11.3. The number of aliphatic imine (C=N–C) groups is 1. The molecule has 3 N–H and O–H groups in total. The van der Waals surface area contributed by atoms with E-state index in [-0.39, 0.29) is 24.0 Å². The number of nitrogens with one attached hydrogen (secondary N) is 1. The Bertz CT molecular complexity index is 769. The monoisotopic (exact) mass is 465 g/mol. The van der Waals surface area contributed by atoms with Gasteiger partial charge in [0.1, 0.15) is 0 Å². The smallest absolute Gasteiger partial charge is 0.193 e. The second kappa shape index (κ2) is 8.62. The zero-order valence-corrected chi connectivity index (χ0v) is 16.9. The largest absolute Gasteiger partial charge is 0.490 e. The minimum Gasteiger partial charge on any atom is -0.490 e. The van der Waals surface area contributed by atoms with Crippen molar-refractivity contribution < 1.29 is 9.47 Å². The van der Waals surface area contributed by atoms with Crippen molar-refractivity contribution in [3.63, 3.8) is 0 Å². The second-order valence-corrected chi connectivity index (χ2v) is 6.61. The van der Waals surface area contributed by atoms with Crippen molar-refractivity contribution in [3.05, 3.63) is 53.6 Å². The highest BCUT2D eigenvalue weighted by atomic mass is 127. The Hall–Kier alpha value is -1.96. The van der Waals surface area contributed by atoms with Crippen LogP contribution < -0.4 is 20.5 Å². The molecule has 2 aliphatic rings. The van der Waals surface area contributed by atoms with E-state index in [0.29, 0.717) is 25.1 Å². The first-order valence-electron chi connectivity index (χ1n) is 8.81. The van der Waals surface area contributed by atoms with Gasteiger partial charge in [0.15, 0.2) is 17.5 Å². The lowest BCUT2D eigenvalue weighted by molar-refractivity contribution is 0.297. The molecule has 0 radical (unpaired) electrons. The van der Waals surface area contributed by atoms with Crippen LogP contribution in [0.1, 0.15) is 17.5 Å². The Labute approximate surface area is 171 Å². The highest BCUT2D eigenvalue weighted by Crippen LogP contribution is 2.32. The zero-order valence-electron chi connectivity index (χ0n) is 14.6. The fourth-order valence-electron chi connectivity index (χ4n) is 3.43.